The third-order valence-electron chi connectivity index (χ3n) is 4.13. The van der Waals surface area contributed by atoms with E-state index >= 15 is 0 Å². The average Bonchev–Trinajstić information content (AvgIpc) is 2.78. The fourth-order valence-corrected chi connectivity index (χ4v) is 2.90. The highest BCUT2D eigenvalue weighted by molar-refractivity contribution is 6.32. The van der Waals surface area contributed by atoms with Crippen molar-refractivity contribution in [2.45, 2.75) is 13.5 Å². The Hall–Kier alpha value is -3.84. The zero-order chi connectivity index (χ0) is 22.9. The van der Waals surface area contributed by atoms with E-state index in [2.05, 4.69) is 4.98 Å². The minimum absolute atomic E-state index is 0.191. The van der Waals surface area contributed by atoms with Crippen molar-refractivity contribution in [3.05, 3.63) is 83.2 Å². The maximum atomic E-state index is 12.4. The first kappa shape index (κ1) is 22.8. The molecule has 0 spiro atoms. The maximum absolute atomic E-state index is 12.4. The van der Waals surface area contributed by atoms with Crippen LogP contribution in [0.3, 0.4) is 0 Å². The summed E-state index contributed by atoms with van der Waals surface area (Å²) in [6.07, 6.45) is 6.08. The van der Waals surface area contributed by atoms with Crippen LogP contribution in [-0.4, -0.2) is 24.0 Å². The Morgan fingerprint density at radius 2 is 1.78 bits per heavy atom. The lowest BCUT2D eigenvalue weighted by Crippen LogP contribution is -2.06. The normalized spacial score (nSPS) is 10.6. The topological polar surface area (TPSA) is 84.0 Å². The van der Waals surface area contributed by atoms with Gasteiger partial charge in [0.25, 0.3) is 0 Å². The van der Waals surface area contributed by atoms with Crippen LogP contribution in [0.25, 0.3) is 6.08 Å². The minimum Gasteiger partial charge on any atom is -0.493 e. The molecule has 1 aromatic heterocycles. The molecule has 32 heavy (non-hydrogen) atoms. The number of hydrogen-bond acceptors (Lipinski definition) is 7. The van der Waals surface area contributed by atoms with E-state index in [1.807, 2.05) is 12.1 Å². The Bertz CT molecular complexity index is 1130. The number of ether oxygens (including phenoxy) is 4. The van der Waals surface area contributed by atoms with Crippen molar-refractivity contribution in [3.63, 3.8) is 0 Å². The molecule has 0 fully saturated rings. The van der Waals surface area contributed by atoms with Gasteiger partial charge in [-0.2, -0.15) is 0 Å². The van der Waals surface area contributed by atoms with Gasteiger partial charge in [-0.1, -0.05) is 23.7 Å². The molecule has 0 aliphatic rings. The Balaban J connectivity index is 1.71. The van der Waals surface area contributed by atoms with E-state index in [0.29, 0.717) is 16.3 Å². The molecule has 0 unspecified atom stereocenters. The monoisotopic (exact) mass is 453 g/mol. The number of nitrogens with zero attached hydrogens (tertiary/aromatic N) is 1. The minimum atomic E-state index is -0.633. The maximum Gasteiger partial charge on any atom is 0.336 e. The highest BCUT2D eigenvalue weighted by atomic mass is 35.5. The summed E-state index contributed by atoms with van der Waals surface area (Å²) >= 11 is 6.24. The van der Waals surface area contributed by atoms with Crippen molar-refractivity contribution in [1.29, 1.82) is 0 Å². The van der Waals surface area contributed by atoms with E-state index in [9.17, 15) is 9.59 Å². The number of para-hydroxylation sites is 1. The lowest BCUT2D eigenvalue weighted by Gasteiger charge is -2.12. The molecule has 2 aromatic carbocycles. The second kappa shape index (κ2) is 11.0. The summed E-state index contributed by atoms with van der Waals surface area (Å²) in [5.74, 6) is -0.0205. The van der Waals surface area contributed by atoms with Crippen molar-refractivity contribution < 1.29 is 28.5 Å². The van der Waals surface area contributed by atoms with E-state index < -0.39 is 11.9 Å². The number of hydrogen-bond donors (Lipinski definition) is 0. The summed E-state index contributed by atoms with van der Waals surface area (Å²) in [4.78, 5) is 27.6. The summed E-state index contributed by atoms with van der Waals surface area (Å²) in [6, 6.07) is 13.4. The molecule has 0 aliphatic heterocycles. The first-order valence-corrected chi connectivity index (χ1v) is 9.90. The molecule has 0 radical (unpaired) electrons. The number of aromatic nitrogens is 1. The van der Waals surface area contributed by atoms with Gasteiger partial charge >= 0.3 is 11.9 Å². The van der Waals surface area contributed by atoms with Gasteiger partial charge in [0, 0.05) is 25.4 Å². The van der Waals surface area contributed by atoms with Crippen LogP contribution < -0.4 is 18.9 Å². The molecule has 0 saturated heterocycles. The van der Waals surface area contributed by atoms with Gasteiger partial charge in [0.15, 0.2) is 23.0 Å². The third-order valence-corrected chi connectivity index (χ3v) is 4.42. The van der Waals surface area contributed by atoms with E-state index in [1.165, 1.54) is 26.2 Å². The molecule has 8 heteroatoms. The number of carbonyl (C=O) groups is 2. The van der Waals surface area contributed by atoms with Crippen molar-refractivity contribution in [1.82, 2.24) is 4.98 Å². The van der Waals surface area contributed by atoms with Crippen LogP contribution in [0.15, 0.2) is 67.0 Å². The summed E-state index contributed by atoms with van der Waals surface area (Å²) in [7, 11) is 1.47. The van der Waals surface area contributed by atoms with E-state index in [-0.39, 0.29) is 23.9 Å². The second-order valence-electron chi connectivity index (χ2n) is 6.47. The highest BCUT2D eigenvalue weighted by Crippen LogP contribution is 2.35. The number of carbonyl (C=O) groups excluding carboxylic acids is 2. The summed E-state index contributed by atoms with van der Waals surface area (Å²) in [5.41, 5.74) is 1.50. The van der Waals surface area contributed by atoms with Crippen molar-refractivity contribution in [3.8, 4) is 23.0 Å². The number of methoxy groups -OCH3 is 1. The number of rotatable bonds is 8. The fourth-order valence-electron chi connectivity index (χ4n) is 2.68. The van der Waals surface area contributed by atoms with Crippen LogP contribution in [0.4, 0.5) is 0 Å². The largest absolute Gasteiger partial charge is 0.493 e. The molecule has 0 atom stereocenters. The lowest BCUT2D eigenvalue weighted by molar-refractivity contribution is -0.132. The number of halogens is 1. The number of esters is 2. The quantitative estimate of drug-likeness (QED) is 0.273. The van der Waals surface area contributed by atoms with E-state index in [0.717, 1.165) is 5.56 Å². The molecule has 0 bridgehead atoms. The van der Waals surface area contributed by atoms with Gasteiger partial charge in [-0.15, -0.1) is 0 Å². The van der Waals surface area contributed by atoms with Gasteiger partial charge < -0.3 is 18.9 Å². The van der Waals surface area contributed by atoms with Crippen LogP contribution in [-0.2, 0) is 16.2 Å². The van der Waals surface area contributed by atoms with Crippen LogP contribution in [0.1, 0.15) is 18.1 Å². The zero-order valence-corrected chi connectivity index (χ0v) is 18.2. The molecule has 3 rings (SSSR count). The predicted octanol–water partition coefficient (Wildman–Crippen LogP) is 4.87. The first-order chi connectivity index (χ1) is 15.5. The molecule has 1 heterocycles. The van der Waals surface area contributed by atoms with Gasteiger partial charge in [-0.05, 0) is 53.6 Å². The number of pyridine rings is 1. The van der Waals surface area contributed by atoms with Gasteiger partial charge in [-0.3, -0.25) is 9.78 Å². The molecule has 0 amide bonds. The molecule has 7 nitrogen and oxygen atoms in total. The Morgan fingerprint density at radius 1 is 1.00 bits per heavy atom. The Morgan fingerprint density at radius 3 is 2.50 bits per heavy atom. The molecule has 0 aliphatic carbocycles. The molecule has 0 N–H and O–H groups in total. The number of benzene rings is 2. The average molecular weight is 454 g/mol. The van der Waals surface area contributed by atoms with Crippen molar-refractivity contribution in [2.75, 3.05) is 7.11 Å². The predicted molar refractivity (Wildman–Crippen MR) is 119 cm³/mol. The van der Waals surface area contributed by atoms with Crippen LogP contribution >= 0.6 is 11.6 Å². The van der Waals surface area contributed by atoms with Gasteiger partial charge in [-0.25, -0.2) is 4.79 Å². The molecular weight excluding hydrogens is 434 g/mol. The highest BCUT2D eigenvalue weighted by Gasteiger charge is 2.13. The van der Waals surface area contributed by atoms with Gasteiger partial charge in [0.1, 0.15) is 6.61 Å². The van der Waals surface area contributed by atoms with Crippen LogP contribution in [0.2, 0.25) is 5.02 Å². The lowest BCUT2D eigenvalue weighted by atomic mass is 10.2. The van der Waals surface area contributed by atoms with Crippen LogP contribution in [0, 0.1) is 0 Å². The van der Waals surface area contributed by atoms with Crippen molar-refractivity contribution >= 4 is 29.6 Å². The first-order valence-electron chi connectivity index (χ1n) is 9.53. The third kappa shape index (κ3) is 6.33. The van der Waals surface area contributed by atoms with E-state index in [1.54, 1.807) is 48.8 Å². The molecule has 3 aromatic rings. The standard InChI is InChI=1S/C24H20ClNO6/c1-16(27)31-22-14-17(6-8-20(22)29-2)7-9-23(28)32-21-5-3-4-19(25)24(21)30-15-18-10-12-26-13-11-18/h3-14H,15H2,1-2H3. The summed E-state index contributed by atoms with van der Waals surface area (Å²) in [5, 5.41) is 0.314. The molecule has 164 valence electrons. The van der Waals surface area contributed by atoms with Gasteiger partial charge in [0.2, 0.25) is 0 Å². The smallest absolute Gasteiger partial charge is 0.336 e. The SMILES string of the molecule is COc1ccc(C=CC(=O)Oc2cccc(Cl)c2OCc2ccncc2)cc1OC(C)=O. The van der Waals surface area contributed by atoms with Crippen molar-refractivity contribution in [2.24, 2.45) is 0 Å². The molecule has 0 saturated carbocycles. The summed E-state index contributed by atoms with van der Waals surface area (Å²) < 4.78 is 21.5. The fraction of sp³-hybridized carbons (Fsp3) is 0.125. The Kier molecular flexibility index (Phi) is 7.83. The summed E-state index contributed by atoms with van der Waals surface area (Å²) in [6.45, 7) is 1.52. The zero-order valence-electron chi connectivity index (χ0n) is 17.4. The van der Waals surface area contributed by atoms with Crippen LogP contribution in [0.5, 0.6) is 23.0 Å². The van der Waals surface area contributed by atoms with Gasteiger partial charge in [0.05, 0.1) is 12.1 Å². The Labute approximate surface area is 190 Å². The van der Waals surface area contributed by atoms with E-state index in [4.69, 9.17) is 30.5 Å². The second-order valence-corrected chi connectivity index (χ2v) is 6.88. The molecular formula is C24H20ClNO6.